The van der Waals surface area contributed by atoms with E-state index in [9.17, 15) is 4.79 Å². The van der Waals surface area contributed by atoms with E-state index in [0.717, 1.165) is 17.7 Å². The zero-order chi connectivity index (χ0) is 20.8. The number of hydrogen-bond acceptors (Lipinski definition) is 6. The molecule has 2 aromatic rings. The average Bonchev–Trinajstić information content (AvgIpc) is 3.30. The second-order valence-electron chi connectivity index (χ2n) is 8.45. The highest BCUT2D eigenvalue weighted by Crippen LogP contribution is 2.31. The third kappa shape index (κ3) is 5.05. The summed E-state index contributed by atoms with van der Waals surface area (Å²) < 4.78 is 6.97. The minimum atomic E-state index is 0.0916. The van der Waals surface area contributed by atoms with Crippen LogP contribution in [-0.4, -0.2) is 81.9 Å². The first kappa shape index (κ1) is 20.9. The predicted octanol–water partition coefficient (Wildman–Crippen LogP) is 2.07. The molecule has 2 aliphatic rings. The van der Waals surface area contributed by atoms with Crippen molar-refractivity contribution in [3.05, 3.63) is 41.7 Å². The van der Waals surface area contributed by atoms with Gasteiger partial charge in [-0.25, -0.2) is 4.68 Å². The second-order valence-corrected chi connectivity index (χ2v) is 8.45. The third-order valence-electron chi connectivity index (χ3n) is 6.47. The van der Waals surface area contributed by atoms with Crippen molar-refractivity contribution < 1.29 is 9.53 Å². The van der Waals surface area contributed by atoms with Crippen LogP contribution in [0.1, 0.15) is 48.0 Å². The molecule has 2 atom stereocenters. The van der Waals surface area contributed by atoms with E-state index >= 15 is 0 Å². The lowest BCUT2D eigenvalue weighted by Gasteiger charge is -2.45. The van der Waals surface area contributed by atoms with Crippen molar-refractivity contribution in [3.8, 4) is 0 Å². The van der Waals surface area contributed by atoms with E-state index in [2.05, 4.69) is 20.4 Å². The molecule has 2 aliphatic heterocycles. The lowest BCUT2D eigenvalue weighted by atomic mass is 9.83. The smallest absolute Gasteiger partial charge is 0.253 e. The quantitative estimate of drug-likeness (QED) is 0.661. The molecule has 8 nitrogen and oxygen atoms in total. The highest BCUT2D eigenvalue weighted by molar-refractivity contribution is 5.94. The number of carbonyl (C=O) groups excluding carboxylic acids is 1. The molecule has 2 saturated heterocycles. The summed E-state index contributed by atoms with van der Waals surface area (Å²) in [4.78, 5) is 18.0. The van der Waals surface area contributed by atoms with Crippen LogP contribution in [0.15, 0.2) is 30.6 Å². The minimum Gasteiger partial charge on any atom is -0.383 e. The van der Waals surface area contributed by atoms with E-state index in [1.807, 2.05) is 29.2 Å². The highest BCUT2D eigenvalue weighted by atomic mass is 16.5. The van der Waals surface area contributed by atoms with Crippen LogP contribution in [0, 0.1) is 5.92 Å². The normalized spacial score (nSPS) is 21.9. The number of hydrogen-bond donors (Lipinski definition) is 0. The van der Waals surface area contributed by atoms with Gasteiger partial charge in [0.05, 0.1) is 13.2 Å². The topological polar surface area (TPSA) is 76.4 Å². The van der Waals surface area contributed by atoms with E-state index in [0.29, 0.717) is 31.7 Å². The van der Waals surface area contributed by atoms with Gasteiger partial charge in [0, 0.05) is 31.8 Å². The molecule has 0 N–H and O–H groups in total. The Bertz CT molecular complexity index is 792. The number of rotatable bonds is 8. The Balaban J connectivity index is 1.43. The molecule has 0 radical (unpaired) electrons. The van der Waals surface area contributed by atoms with Crippen molar-refractivity contribution in [1.29, 1.82) is 0 Å². The molecule has 162 valence electrons. The first-order valence-electron chi connectivity index (χ1n) is 11.1. The van der Waals surface area contributed by atoms with Crippen molar-refractivity contribution in [2.45, 2.75) is 44.7 Å². The number of benzene rings is 1. The van der Waals surface area contributed by atoms with Crippen LogP contribution in [0.3, 0.4) is 0 Å². The van der Waals surface area contributed by atoms with Gasteiger partial charge in [-0.2, -0.15) is 0 Å². The largest absolute Gasteiger partial charge is 0.383 e. The number of methoxy groups -OCH3 is 1. The lowest BCUT2D eigenvalue weighted by Crippen LogP contribution is -2.52. The summed E-state index contributed by atoms with van der Waals surface area (Å²) in [6, 6.07) is 8.41. The number of tetrazole rings is 1. The molecule has 3 heterocycles. The number of fused-ring (bicyclic) bond motifs is 1. The Hall–Kier alpha value is -2.32. The summed E-state index contributed by atoms with van der Waals surface area (Å²) in [6.07, 6.45) is 7.92. The maximum absolute atomic E-state index is 13.3. The fraction of sp³-hybridized carbons (Fsp3) is 0.636. The standard InChI is InChI=1S/C22H32N6O2/c1-30-14-13-27(16-20-5-4-12-26-11-3-2-6-21(20)26)22(29)19-9-7-18(8-10-19)15-28-17-23-24-25-28/h7-10,17,20-21H,2-6,11-16H2,1H3/t20-,21-/m0/s1. The van der Waals surface area contributed by atoms with Crippen molar-refractivity contribution in [2.24, 2.45) is 5.92 Å². The fourth-order valence-electron chi connectivity index (χ4n) is 4.93. The molecule has 2 fully saturated rings. The van der Waals surface area contributed by atoms with Gasteiger partial charge in [-0.3, -0.25) is 4.79 Å². The van der Waals surface area contributed by atoms with Gasteiger partial charge in [0.15, 0.2) is 0 Å². The van der Waals surface area contributed by atoms with Gasteiger partial charge in [0.1, 0.15) is 6.33 Å². The summed E-state index contributed by atoms with van der Waals surface area (Å²) in [7, 11) is 1.69. The molecule has 1 amide bonds. The molecule has 0 unspecified atom stereocenters. The SMILES string of the molecule is COCCN(C[C@@H]1CCCN2CCCC[C@@H]12)C(=O)c1ccc(Cn2cnnn2)cc1. The number of aromatic nitrogens is 4. The molecule has 0 aliphatic carbocycles. The Morgan fingerprint density at radius 1 is 1.17 bits per heavy atom. The van der Waals surface area contributed by atoms with E-state index in [1.165, 1.54) is 45.2 Å². The van der Waals surface area contributed by atoms with Gasteiger partial charge in [-0.1, -0.05) is 18.6 Å². The zero-order valence-electron chi connectivity index (χ0n) is 17.8. The van der Waals surface area contributed by atoms with Gasteiger partial charge in [0.25, 0.3) is 5.91 Å². The first-order chi connectivity index (χ1) is 14.7. The molecular weight excluding hydrogens is 380 g/mol. The Labute approximate surface area is 178 Å². The number of piperidine rings is 2. The highest BCUT2D eigenvalue weighted by Gasteiger charge is 2.34. The van der Waals surface area contributed by atoms with Crippen molar-refractivity contribution >= 4 is 5.91 Å². The van der Waals surface area contributed by atoms with Crippen LogP contribution in [0.2, 0.25) is 0 Å². The van der Waals surface area contributed by atoms with E-state index in [4.69, 9.17) is 4.74 Å². The van der Waals surface area contributed by atoms with Crippen LogP contribution < -0.4 is 0 Å². The molecule has 4 rings (SSSR count). The maximum Gasteiger partial charge on any atom is 0.253 e. The summed E-state index contributed by atoms with van der Waals surface area (Å²) >= 11 is 0. The van der Waals surface area contributed by atoms with Gasteiger partial charge in [-0.15, -0.1) is 5.10 Å². The average molecular weight is 413 g/mol. The molecule has 0 spiro atoms. The summed E-state index contributed by atoms with van der Waals surface area (Å²) in [6.45, 7) is 5.03. The van der Waals surface area contributed by atoms with Crippen LogP contribution in [0.4, 0.5) is 0 Å². The van der Waals surface area contributed by atoms with Crippen molar-refractivity contribution in [1.82, 2.24) is 30.0 Å². The Kier molecular flexibility index (Phi) is 7.07. The van der Waals surface area contributed by atoms with Crippen molar-refractivity contribution in [2.75, 3.05) is 39.9 Å². The van der Waals surface area contributed by atoms with E-state index in [1.54, 1.807) is 18.1 Å². The molecular formula is C22H32N6O2. The fourth-order valence-corrected chi connectivity index (χ4v) is 4.93. The van der Waals surface area contributed by atoms with Crippen LogP contribution in [-0.2, 0) is 11.3 Å². The van der Waals surface area contributed by atoms with Crippen LogP contribution >= 0.6 is 0 Å². The summed E-state index contributed by atoms with van der Waals surface area (Å²) in [5, 5.41) is 11.2. The third-order valence-corrected chi connectivity index (χ3v) is 6.47. The number of ether oxygens (including phenoxy) is 1. The molecule has 30 heavy (non-hydrogen) atoms. The van der Waals surface area contributed by atoms with Gasteiger partial charge < -0.3 is 14.5 Å². The number of carbonyl (C=O) groups is 1. The molecule has 0 saturated carbocycles. The minimum absolute atomic E-state index is 0.0916. The summed E-state index contributed by atoms with van der Waals surface area (Å²) in [5.41, 5.74) is 1.79. The number of amides is 1. The van der Waals surface area contributed by atoms with E-state index < -0.39 is 0 Å². The van der Waals surface area contributed by atoms with Crippen molar-refractivity contribution in [3.63, 3.8) is 0 Å². The first-order valence-corrected chi connectivity index (χ1v) is 11.1. The van der Waals surface area contributed by atoms with Gasteiger partial charge in [0.2, 0.25) is 0 Å². The van der Waals surface area contributed by atoms with Gasteiger partial charge in [-0.05, 0) is 72.8 Å². The number of nitrogens with zero attached hydrogens (tertiary/aromatic N) is 6. The zero-order valence-corrected chi connectivity index (χ0v) is 17.8. The second kappa shape index (κ2) is 10.1. The Morgan fingerprint density at radius 2 is 2.00 bits per heavy atom. The molecule has 1 aromatic carbocycles. The molecule has 1 aromatic heterocycles. The maximum atomic E-state index is 13.3. The van der Waals surface area contributed by atoms with Gasteiger partial charge >= 0.3 is 0 Å². The summed E-state index contributed by atoms with van der Waals surface area (Å²) in [5.74, 6) is 0.646. The van der Waals surface area contributed by atoms with Crippen LogP contribution in [0.25, 0.3) is 0 Å². The Morgan fingerprint density at radius 3 is 2.77 bits per heavy atom. The van der Waals surface area contributed by atoms with Crippen LogP contribution in [0.5, 0.6) is 0 Å². The lowest BCUT2D eigenvalue weighted by molar-refractivity contribution is 0.0315. The van der Waals surface area contributed by atoms with E-state index in [-0.39, 0.29) is 5.91 Å². The molecule has 8 heteroatoms. The molecule has 0 bridgehead atoms. The monoisotopic (exact) mass is 412 g/mol. The predicted molar refractivity (Wildman–Crippen MR) is 113 cm³/mol.